The molecule has 190 valence electrons. The van der Waals surface area contributed by atoms with Crippen LogP contribution in [0.2, 0.25) is 0 Å². The van der Waals surface area contributed by atoms with Gasteiger partial charge in [-0.2, -0.15) is 0 Å². The van der Waals surface area contributed by atoms with Crippen molar-refractivity contribution in [2.75, 3.05) is 7.11 Å². The number of carbonyl (C=O) groups is 5. The zero-order valence-corrected chi connectivity index (χ0v) is 21.1. The van der Waals surface area contributed by atoms with Gasteiger partial charge in [-0.15, -0.1) is 0 Å². The number of rotatable bonds is 1. The van der Waals surface area contributed by atoms with E-state index in [0.29, 0.717) is 0 Å². The number of ketones is 3. The average Bonchev–Trinajstić information content (AvgIpc) is 2.77. The summed E-state index contributed by atoms with van der Waals surface area (Å²) in [7, 11) is 1.05. The Morgan fingerprint density at radius 3 is 2.20 bits per heavy atom. The monoisotopic (exact) mass is 488 g/mol. The molecule has 1 saturated heterocycles. The highest BCUT2D eigenvalue weighted by molar-refractivity contribution is 6.20. The second-order valence-corrected chi connectivity index (χ2v) is 11.4. The van der Waals surface area contributed by atoms with Gasteiger partial charge in [-0.05, 0) is 45.6 Å². The van der Waals surface area contributed by atoms with Crippen LogP contribution in [-0.2, 0) is 33.4 Å². The van der Waals surface area contributed by atoms with E-state index in [9.17, 15) is 34.2 Å². The van der Waals surface area contributed by atoms with Crippen LogP contribution in [0.4, 0.5) is 0 Å². The minimum Gasteiger partial charge on any atom is -0.504 e. The zero-order chi connectivity index (χ0) is 26.7. The number of cyclic esters (lactones) is 1. The molecule has 0 aromatic heterocycles. The number of hydrogen-bond donors (Lipinski definition) is 2. The summed E-state index contributed by atoms with van der Waals surface area (Å²) in [6.07, 6.45) is -2.99. The molecule has 35 heavy (non-hydrogen) atoms. The van der Waals surface area contributed by atoms with Gasteiger partial charge >= 0.3 is 11.9 Å². The van der Waals surface area contributed by atoms with Gasteiger partial charge in [0, 0.05) is 17.3 Å². The first-order valence-electron chi connectivity index (χ1n) is 11.7. The number of esters is 2. The highest BCUT2D eigenvalue weighted by Gasteiger charge is 2.85. The lowest BCUT2D eigenvalue weighted by Gasteiger charge is -2.68. The lowest BCUT2D eigenvalue weighted by Crippen LogP contribution is -2.78. The van der Waals surface area contributed by atoms with Crippen LogP contribution in [0.1, 0.15) is 54.4 Å². The Morgan fingerprint density at radius 2 is 1.66 bits per heavy atom. The Hall–Kier alpha value is -2.81. The minimum absolute atomic E-state index is 0.0388. The van der Waals surface area contributed by atoms with Crippen molar-refractivity contribution in [3.05, 3.63) is 23.5 Å². The van der Waals surface area contributed by atoms with Crippen molar-refractivity contribution in [3.63, 3.8) is 0 Å². The number of aliphatic hydroxyl groups is 2. The zero-order valence-electron chi connectivity index (χ0n) is 21.1. The van der Waals surface area contributed by atoms with Crippen molar-refractivity contribution < 1.29 is 43.7 Å². The number of ether oxygens (including phenoxy) is 2. The Labute approximate surface area is 203 Å². The molecule has 0 amide bonds. The van der Waals surface area contributed by atoms with Gasteiger partial charge in [0.05, 0.1) is 18.6 Å². The van der Waals surface area contributed by atoms with Crippen LogP contribution in [0.15, 0.2) is 23.5 Å². The molecule has 0 spiro atoms. The first-order valence-corrected chi connectivity index (χ1v) is 11.7. The van der Waals surface area contributed by atoms with Crippen LogP contribution in [0.5, 0.6) is 0 Å². The van der Waals surface area contributed by atoms with Gasteiger partial charge in [-0.1, -0.05) is 26.0 Å². The Morgan fingerprint density at radius 1 is 1.09 bits per heavy atom. The van der Waals surface area contributed by atoms with Crippen LogP contribution < -0.4 is 0 Å². The number of carbonyl (C=O) groups excluding carboxylic acids is 5. The topological polar surface area (TPSA) is 144 Å². The predicted octanol–water partition coefficient (Wildman–Crippen LogP) is 2.01. The molecule has 9 heteroatoms. The predicted molar refractivity (Wildman–Crippen MR) is 121 cm³/mol. The molecule has 9 nitrogen and oxygen atoms in total. The van der Waals surface area contributed by atoms with Gasteiger partial charge in [0.2, 0.25) is 5.78 Å². The van der Waals surface area contributed by atoms with Crippen molar-refractivity contribution in [2.45, 2.75) is 66.6 Å². The molecule has 7 atom stereocenters. The average molecular weight is 489 g/mol. The van der Waals surface area contributed by atoms with Crippen LogP contribution in [0, 0.1) is 33.0 Å². The summed E-state index contributed by atoms with van der Waals surface area (Å²) in [5, 5.41) is 22.7. The fourth-order valence-corrected chi connectivity index (χ4v) is 7.89. The largest absolute Gasteiger partial charge is 0.504 e. The van der Waals surface area contributed by atoms with E-state index in [1.807, 2.05) is 0 Å². The third-order valence-electron chi connectivity index (χ3n) is 9.89. The van der Waals surface area contributed by atoms with Crippen molar-refractivity contribution in [1.82, 2.24) is 0 Å². The summed E-state index contributed by atoms with van der Waals surface area (Å²) < 4.78 is 10.4. The molecule has 3 aliphatic carbocycles. The second kappa shape index (κ2) is 6.90. The molecule has 0 radical (unpaired) electrons. The van der Waals surface area contributed by atoms with Crippen LogP contribution in [0.25, 0.3) is 0 Å². The summed E-state index contributed by atoms with van der Waals surface area (Å²) in [4.78, 5) is 68.3. The number of methoxy groups -OCH3 is 1. The molecule has 0 unspecified atom stereocenters. The molecule has 4 rings (SSSR count). The van der Waals surface area contributed by atoms with Crippen LogP contribution in [0.3, 0.4) is 0 Å². The van der Waals surface area contributed by atoms with E-state index < -0.39 is 74.5 Å². The van der Waals surface area contributed by atoms with E-state index in [1.165, 1.54) is 20.8 Å². The molecule has 1 aliphatic heterocycles. The molecule has 2 saturated carbocycles. The summed E-state index contributed by atoms with van der Waals surface area (Å²) >= 11 is 0. The number of fused-ring (bicyclic) bond motifs is 5. The fourth-order valence-electron chi connectivity index (χ4n) is 7.89. The van der Waals surface area contributed by atoms with Crippen LogP contribution in [-0.4, -0.2) is 58.8 Å². The van der Waals surface area contributed by atoms with Crippen molar-refractivity contribution >= 4 is 29.3 Å². The summed E-state index contributed by atoms with van der Waals surface area (Å²) in [5.74, 6) is -5.91. The Bertz CT molecular complexity index is 1160. The first kappa shape index (κ1) is 25.3. The molecular formula is C26H32O9. The quantitative estimate of drug-likeness (QED) is 0.322. The fraction of sp³-hybridized carbons (Fsp3) is 0.654. The Balaban J connectivity index is 2.21. The minimum atomic E-state index is -2.42. The van der Waals surface area contributed by atoms with E-state index in [2.05, 4.69) is 6.58 Å². The van der Waals surface area contributed by atoms with Gasteiger partial charge in [0.25, 0.3) is 0 Å². The van der Waals surface area contributed by atoms with Gasteiger partial charge in [-0.25, -0.2) is 0 Å². The van der Waals surface area contributed by atoms with Gasteiger partial charge < -0.3 is 19.7 Å². The molecule has 1 heterocycles. The normalized spacial score (nSPS) is 44.8. The summed E-state index contributed by atoms with van der Waals surface area (Å²) in [5.41, 5.74) is -8.87. The molecule has 4 aliphatic rings. The van der Waals surface area contributed by atoms with E-state index in [4.69, 9.17) is 9.47 Å². The van der Waals surface area contributed by atoms with E-state index >= 15 is 0 Å². The van der Waals surface area contributed by atoms with Gasteiger partial charge in [0.15, 0.2) is 23.1 Å². The second-order valence-electron chi connectivity index (χ2n) is 11.4. The maximum absolute atomic E-state index is 14.2. The number of hydrogen-bond acceptors (Lipinski definition) is 9. The van der Waals surface area contributed by atoms with Crippen molar-refractivity contribution in [2.24, 2.45) is 33.0 Å². The molecule has 2 N–H and O–H groups in total. The van der Waals surface area contributed by atoms with Crippen molar-refractivity contribution in [3.8, 4) is 0 Å². The lowest BCUT2D eigenvalue weighted by molar-refractivity contribution is -0.228. The molecule has 0 bridgehead atoms. The number of Topliss-reactive ketones (excluding diaryl/α,β-unsaturated/α-hetero) is 3. The molecule has 0 aromatic rings. The summed E-state index contributed by atoms with van der Waals surface area (Å²) in [6, 6.07) is 0. The molecular weight excluding hydrogens is 456 g/mol. The van der Waals surface area contributed by atoms with Gasteiger partial charge in [-0.3, -0.25) is 24.0 Å². The number of aliphatic hydroxyl groups excluding tert-OH is 2. The third-order valence-corrected chi connectivity index (χ3v) is 9.89. The molecule has 0 aromatic carbocycles. The Kier molecular flexibility index (Phi) is 4.98. The van der Waals surface area contributed by atoms with Crippen molar-refractivity contribution in [1.29, 1.82) is 0 Å². The maximum Gasteiger partial charge on any atom is 0.322 e. The smallest absolute Gasteiger partial charge is 0.322 e. The standard InChI is InChI=1S/C26H32O9/c1-11-9-13-23(5)15(28)10-14(27)22(3,4)17(23)16(29)19(31)25(13,7)26(21(33)34-8)18(30)12(2)35-20(32)24(11,26)6/h12-13,15,28-29H,1,9-10H2,2-8H3/t12-,13+,15+,23-,24+,25-,26-/m0/s1. The van der Waals surface area contributed by atoms with E-state index in [-0.39, 0.29) is 29.8 Å². The third kappa shape index (κ3) is 2.31. The van der Waals surface area contributed by atoms with Crippen LogP contribution >= 0.6 is 0 Å². The SMILES string of the molecule is C=C1C[C@@H]2[C@]3(C)C(=C(O)C(=O)[C@@]2(C)[C@]2(C(=O)OC)C(=O)[C@H](C)OC(=O)[C@@]12C)C(C)(C)C(=O)C[C@H]3O. The summed E-state index contributed by atoms with van der Waals surface area (Å²) in [6.45, 7) is 12.9. The van der Waals surface area contributed by atoms with Gasteiger partial charge in [0.1, 0.15) is 11.2 Å². The highest BCUT2D eigenvalue weighted by Crippen LogP contribution is 2.74. The van der Waals surface area contributed by atoms with E-state index in [0.717, 1.165) is 7.11 Å². The lowest BCUT2D eigenvalue weighted by atomic mass is 9.32. The first-order chi connectivity index (χ1) is 15.9. The highest BCUT2D eigenvalue weighted by atomic mass is 16.6. The van der Waals surface area contributed by atoms with E-state index in [1.54, 1.807) is 20.8 Å². The number of allylic oxidation sites excluding steroid dienone is 1. The maximum atomic E-state index is 14.2. The molecule has 3 fully saturated rings.